The van der Waals surface area contributed by atoms with Crippen LogP contribution in [0.25, 0.3) is 5.76 Å². The highest BCUT2D eigenvalue weighted by Crippen LogP contribution is 2.40. The smallest absolute Gasteiger partial charge is 0.295 e. The van der Waals surface area contributed by atoms with Crippen molar-refractivity contribution in [2.45, 2.75) is 26.8 Å². The van der Waals surface area contributed by atoms with E-state index in [1.165, 1.54) is 17.0 Å². The number of benzene rings is 2. The molecule has 1 fully saturated rings. The van der Waals surface area contributed by atoms with Gasteiger partial charge in [-0.3, -0.25) is 9.59 Å². The van der Waals surface area contributed by atoms with Gasteiger partial charge in [0.15, 0.2) is 0 Å². The van der Waals surface area contributed by atoms with Crippen molar-refractivity contribution < 1.29 is 24.5 Å². The lowest BCUT2D eigenvalue weighted by molar-refractivity contribution is -0.140. The molecule has 7 nitrogen and oxygen atoms in total. The van der Waals surface area contributed by atoms with E-state index in [1.54, 1.807) is 24.3 Å². The first kappa shape index (κ1) is 24.3. The van der Waals surface area contributed by atoms with E-state index in [9.17, 15) is 19.8 Å². The van der Waals surface area contributed by atoms with E-state index in [2.05, 4.69) is 13.8 Å². The van der Waals surface area contributed by atoms with Crippen LogP contribution in [0.2, 0.25) is 0 Å². The summed E-state index contributed by atoms with van der Waals surface area (Å²) in [7, 11) is 3.77. The first-order valence-electron chi connectivity index (χ1n) is 11.1. The lowest BCUT2D eigenvalue weighted by atomic mass is 9.94. The number of hydrogen-bond donors (Lipinski definition) is 2. The van der Waals surface area contributed by atoms with Gasteiger partial charge in [0, 0.05) is 18.7 Å². The lowest BCUT2D eigenvalue weighted by Gasteiger charge is -2.26. The Hall–Kier alpha value is -3.32. The monoisotopic (exact) mass is 452 g/mol. The normalized spacial score (nSPS) is 17.9. The Morgan fingerprint density at radius 3 is 2.36 bits per heavy atom. The lowest BCUT2D eigenvalue weighted by Crippen LogP contribution is -2.35. The van der Waals surface area contributed by atoms with Crippen molar-refractivity contribution in [1.82, 2.24) is 9.80 Å². The molecule has 1 amide bonds. The molecule has 33 heavy (non-hydrogen) atoms. The number of likely N-dealkylation sites (N-methyl/N-ethyl adjacent to an activating group) is 1. The summed E-state index contributed by atoms with van der Waals surface area (Å²) in [5.41, 5.74) is 1.89. The van der Waals surface area contributed by atoms with E-state index in [-0.39, 0.29) is 17.1 Å². The number of nitrogens with zero attached hydrogens (tertiary/aromatic N) is 2. The fraction of sp³-hybridized carbons (Fsp3) is 0.385. The van der Waals surface area contributed by atoms with Crippen LogP contribution in [0.15, 0.2) is 48.0 Å². The molecule has 2 N–H and O–H groups in total. The van der Waals surface area contributed by atoms with Crippen molar-refractivity contribution >= 4 is 17.4 Å². The quantitative estimate of drug-likeness (QED) is 0.360. The van der Waals surface area contributed by atoms with E-state index in [0.717, 1.165) is 5.56 Å². The second kappa shape index (κ2) is 10.1. The SMILES string of the molecule is Cc1cc(OCC(C)C)ccc1C(O)=C1C(=O)C(=O)N(CCN(C)C)[C@H]1c1ccc(O)cc1. The van der Waals surface area contributed by atoms with Crippen LogP contribution in [0.3, 0.4) is 0 Å². The van der Waals surface area contributed by atoms with Gasteiger partial charge in [-0.1, -0.05) is 26.0 Å². The molecule has 1 aliphatic heterocycles. The summed E-state index contributed by atoms with van der Waals surface area (Å²) in [6, 6.07) is 10.9. The number of Topliss-reactive ketones (excluding diaryl/α,β-unsaturated/α-hetero) is 1. The maximum atomic E-state index is 13.1. The van der Waals surface area contributed by atoms with Gasteiger partial charge in [0.2, 0.25) is 0 Å². The van der Waals surface area contributed by atoms with Crippen LogP contribution in [0.5, 0.6) is 11.5 Å². The molecule has 2 aromatic rings. The minimum Gasteiger partial charge on any atom is -0.508 e. The average Bonchev–Trinajstić information content (AvgIpc) is 3.01. The average molecular weight is 453 g/mol. The van der Waals surface area contributed by atoms with Gasteiger partial charge < -0.3 is 24.7 Å². The number of rotatable bonds is 8. The minimum absolute atomic E-state index is 0.0448. The minimum atomic E-state index is -0.748. The molecule has 3 rings (SSSR count). The Kier molecular flexibility index (Phi) is 7.43. The molecule has 2 aromatic carbocycles. The van der Waals surface area contributed by atoms with Gasteiger partial charge in [-0.05, 0) is 68.4 Å². The molecular weight excluding hydrogens is 420 g/mol. The summed E-state index contributed by atoms with van der Waals surface area (Å²) in [6.45, 7) is 7.40. The molecule has 0 aliphatic carbocycles. The third-order valence-corrected chi connectivity index (χ3v) is 5.57. The molecule has 7 heteroatoms. The molecule has 0 spiro atoms. The molecule has 176 valence electrons. The van der Waals surface area contributed by atoms with Gasteiger partial charge in [-0.2, -0.15) is 0 Å². The zero-order chi connectivity index (χ0) is 24.3. The zero-order valence-corrected chi connectivity index (χ0v) is 19.8. The Morgan fingerprint density at radius 1 is 1.12 bits per heavy atom. The number of carbonyl (C=O) groups excluding carboxylic acids is 2. The highest BCUT2D eigenvalue weighted by molar-refractivity contribution is 6.46. The molecule has 0 aromatic heterocycles. The zero-order valence-electron chi connectivity index (χ0n) is 19.8. The van der Waals surface area contributed by atoms with E-state index in [0.29, 0.717) is 42.5 Å². The Morgan fingerprint density at radius 2 is 1.79 bits per heavy atom. The molecule has 0 radical (unpaired) electrons. The van der Waals surface area contributed by atoms with Crippen molar-refractivity contribution in [3.8, 4) is 11.5 Å². The second-order valence-electron chi connectivity index (χ2n) is 9.07. The van der Waals surface area contributed by atoms with Crippen LogP contribution in [0, 0.1) is 12.8 Å². The number of amides is 1. The first-order valence-corrected chi connectivity index (χ1v) is 11.1. The molecule has 1 saturated heterocycles. The van der Waals surface area contributed by atoms with E-state index >= 15 is 0 Å². The summed E-state index contributed by atoms with van der Waals surface area (Å²) in [5, 5.41) is 21.0. The van der Waals surface area contributed by atoms with Crippen molar-refractivity contribution in [3.05, 3.63) is 64.7 Å². The first-order chi connectivity index (χ1) is 15.6. The van der Waals surface area contributed by atoms with Crippen LogP contribution >= 0.6 is 0 Å². The van der Waals surface area contributed by atoms with Crippen molar-refractivity contribution in [1.29, 1.82) is 0 Å². The Labute approximate surface area is 194 Å². The second-order valence-corrected chi connectivity index (χ2v) is 9.07. The van der Waals surface area contributed by atoms with Crippen molar-refractivity contribution in [2.75, 3.05) is 33.8 Å². The Balaban J connectivity index is 2.07. The molecule has 1 aliphatic rings. The largest absolute Gasteiger partial charge is 0.508 e. The molecular formula is C26H32N2O5. The number of phenols is 1. The van der Waals surface area contributed by atoms with Crippen LogP contribution in [-0.4, -0.2) is 65.5 Å². The fourth-order valence-corrected chi connectivity index (χ4v) is 3.82. The fourth-order valence-electron chi connectivity index (χ4n) is 3.82. The summed E-state index contributed by atoms with van der Waals surface area (Å²) in [6.07, 6.45) is 0. The number of aryl methyl sites for hydroxylation is 1. The molecule has 1 heterocycles. The van der Waals surface area contributed by atoms with E-state index in [1.807, 2.05) is 32.0 Å². The molecule has 1 atom stereocenters. The third-order valence-electron chi connectivity index (χ3n) is 5.57. The summed E-state index contributed by atoms with van der Waals surface area (Å²) in [4.78, 5) is 29.4. The van der Waals surface area contributed by atoms with Gasteiger partial charge in [0.1, 0.15) is 17.3 Å². The standard InChI is InChI=1S/C26H32N2O5/c1-16(2)15-33-20-10-11-21(17(3)14-20)24(30)22-23(18-6-8-19(29)9-7-18)28(13-12-27(4)5)26(32)25(22)31/h6-11,14,16,23,29-30H,12-13,15H2,1-5H3/t23-/m0/s1. The summed E-state index contributed by atoms with van der Waals surface area (Å²) >= 11 is 0. The number of ether oxygens (including phenoxy) is 1. The number of hydrogen-bond acceptors (Lipinski definition) is 6. The van der Waals surface area contributed by atoms with Crippen LogP contribution in [0.4, 0.5) is 0 Å². The molecule has 0 saturated carbocycles. The van der Waals surface area contributed by atoms with Gasteiger partial charge in [0.05, 0.1) is 18.2 Å². The number of carbonyl (C=O) groups is 2. The highest BCUT2D eigenvalue weighted by Gasteiger charge is 2.46. The maximum absolute atomic E-state index is 13.1. The summed E-state index contributed by atoms with van der Waals surface area (Å²) < 4.78 is 5.76. The van der Waals surface area contributed by atoms with E-state index in [4.69, 9.17) is 4.74 Å². The predicted molar refractivity (Wildman–Crippen MR) is 127 cm³/mol. The van der Waals surface area contributed by atoms with Gasteiger partial charge in [0.25, 0.3) is 11.7 Å². The highest BCUT2D eigenvalue weighted by atomic mass is 16.5. The van der Waals surface area contributed by atoms with Crippen molar-refractivity contribution in [3.63, 3.8) is 0 Å². The summed E-state index contributed by atoms with van der Waals surface area (Å²) in [5.74, 6) is -0.445. The number of aliphatic hydroxyl groups is 1. The van der Waals surface area contributed by atoms with E-state index < -0.39 is 17.7 Å². The number of phenolic OH excluding ortho intramolecular Hbond substituents is 1. The van der Waals surface area contributed by atoms with Gasteiger partial charge in [-0.25, -0.2) is 0 Å². The Bertz CT molecular complexity index is 1060. The van der Waals surface area contributed by atoms with Crippen LogP contribution in [0.1, 0.15) is 36.6 Å². The number of likely N-dealkylation sites (tertiary alicyclic amines) is 1. The van der Waals surface area contributed by atoms with Gasteiger partial charge in [-0.15, -0.1) is 0 Å². The number of aromatic hydroxyl groups is 1. The van der Waals surface area contributed by atoms with Gasteiger partial charge >= 0.3 is 0 Å². The molecule has 0 bridgehead atoms. The third kappa shape index (κ3) is 5.37. The van der Waals surface area contributed by atoms with Crippen molar-refractivity contribution in [2.24, 2.45) is 5.92 Å². The molecule has 0 unspecified atom stereocenters. The van der Waals surface area contributed by atoms with Crippen LogP contribution in [-0.2, 0) is 9.59 Å². The number of aliphatic hydroxyl groups excluding tert-OH is 1. The predicted octanol–water partition coefficient (Wildman–Crippen LogP) is 3.72. The maximum Gasteiger partial charge on any atom is 0.295 e. The number of ketones is 1. The topological polar surface area (TPSA) is 90.3 Å². The van der Waals surface area contributed by atoms with Crippen LogP contribution < -0.4 is 4.74 Å².